The van der Waals surface area contributed by atoms with Crippen LogP contribution in [0.4, 0.5) is 5.69 Å². The van der Waals surface area contributed by atoms with Gasteiger partial charge in [0.05, 0.1) is 20.3 Å². The third kappa shape index (κ3) is 4.45. The summed E-state index contributed by atoms with van der Waals surface area (Å²) in [7, 11) is 2.39. The molecule has 0 aromatic heterocycles. The number of ether oxygens (including phenoxy) is 2. The largest absolute Gasteiger partial charge is 0.466 e. The maximum absolute atomic E-state index is 11.7. The molecule has 0 unspecified atom stereocenters. The van der Waals surface area contributed by atoms with Crippen LogP contribution in [-0.2, 0) is 19.1 Å². The van der Waals surface area contributed by atoms with Crippen molar-refractivity contribution in [2.24, 2.45) is 0 Å². The van der Waals surface area contributed by atoms with E-state index in [0.717, 1.165) is 11.6 Å². The molecule has 0 saturated heterocycles. The summed E-state index contributed by atoms with van der Waals surface area (Å²) < 4.78 is 9.08. The van der Waals surface area contributed by atoms with Crippen molar-refractivity contribution in [2.75, 3.05) is 19.5 Å². The van der Waals surface area contributed by atoms with Crippen molar-refractivity contribution in [3.05, 3.63) is 41.1 Å². The van der Waals surface area contributed by atoms with Gasteiger partial charge in [0.1, 0.15) is 5.70 Å². The lowest BCUT2D eigenvalue weighted by Gasteiger charge is -2.12. The highest BCUT2D eigenvalue weighted by molar-refractivity contribution is 6.03. The molecule has 112 valence electrons. The van der Waals surface area contributed by atoms with Crippen LogP contribution in [0.1, 0.15) is 22.8 Å². The molecule has 0 radical (unpaired) electrons. The molecule has 0 spiro atoms. The zero-order valence-corrected chi connectivity index (χ0v) is 12.4. The van der Waals surface area contributed by atoms with Crippen molar-refractivity contribution in [1.29, 1.82) is 0 Å². The number of carbonyl (C=O) groups excluding carboxylic acids is 3. The SMILES string of the molecule is COC(=O)/C=C(/Nc1cc(C)ccc1C(C)=O)C(=O)OC. The van der Waals surface area contributed by atoms with E-state index >= 15 is 0 Å². The second kappa shape index (κ2) is 7.23. The van der Waals surface area contributed by atoms with Crippen molar-refractivity contribution in [3.63, 3.8) is 0 Å². The number of hydrogen-bond donors (Lipinski definition) is 1. The number of rotatable bonds is 5. The van der Waals surface area contributed by atoms with Crippen LogP contribution in [0.5, 0.6) is 0 Å². The first-order valence-corrected chi connectivity index (χ1v) is 6.15. The van der Waals surface area contributed by atoms with E-state index in [2.05, 4.69) is 14.8 Å². The molecule has 0 atom stereocenters. The van der Waals surface area contributed by atoms with Gasteiger partial charge in [-0.2, -0.15) is 0 Å². The molecule has 0 aliphatic heterocycles. The van der Waals surface area contributed by atoms with Gasteiger partial charge in [0.2, 0.25) is 0 Å². The van der Waals surface area contributed by atoms with Crippen LogP contribution in [-0.4, -0.2) is 31.9 Å². The smallest absolute Gasteiger partial charge is 0.354 e. The summed E-state index contributed by atoms with van der Waals surface area (Å²) >= 11 is 0. The molecule has 21 heavy (non-hydrogen) atoms. The van der Waals surface area contributed by atoms with E-state index < -0.39 is 11.9 Å². The summed E-state index contributed by atoms with van der Waals surface area (Å²) in [6.45, 7) is 3.26. The molecule has 1 N–H and O–H groups in total. The van der Waals surface area contributed by atoms with E-state index in [0.29, 0.717) is 11.3 Å². The Kier molecular flexibility index (Phi) is 5.66. The van der Waals surface area contributed by atoms with Crippen LogP contribution in [0.2, 0.25) is 0 Å². The topological polar surface area (TPSA) is 81.7 Å². The zero-order valence-electron chi connectivity index (χ0n) is 12.4. The van der Waals surface area contributed by atoms with E-state index in [1.54, 1.807) is 18.2 Å². The van der Waals surface area contributed by atoms with Gasteiger partial charge in [-0.15, -0.1) is 0 Å². The normalized spacial score (nSPS) is 10.8. The lowest BCUT2D eigenvalue weighted by molar-refractivity contribution is -0.138. The van der Waals surface area contributed by atoms with Gasteiger partial charge in [-0.05, 0) is 31.5 Å². The van der Waals surface area contributed by atoms with Gasteiger partial charge in [-0.1, -0.05) is 6.07 Å². The Bertz CT molecular complexity index is 604. The van der Waals surface area contributed by atoms with Crippen LogP contribution >= 0.6 is 0 Å². The zero-order chi connectivity index (χ0) is 16.0. The predicted molar refractivity (Wildman–Crippen MR) is 76.9 cm³/mol. The minimum atomic E-state index is -0.739. The van der Waals surface area contributed by atoms with Crippen molar-refractivity contribution < 1.29 is 23.9 Å². The summed E-state index contributed by atoms with van der Waals surface area (Å²) in [4.78, 5) is 34.6. The lowest BCUT2D eigenvalue weighted by atomic mass is 10.1. The Morgan fingerprint density at radius 3 is 2.33 bits per heavy atom. The van der Waals surface area contributed by atoms with Gasteiger partial charge in [-0.3, -0.25) is 4.79 Å². The van der Waals surface area contributed by atoms with E-state index in [9.17, 15) is 14.4 Å². The van der Waals surface area contributed by atoms with Crippen molar-refractivity contribution in [2.45, 2.75) is 13.8 Å². The molecular weight excluding hydrogens is 274 g/mol. The molecule has 1 aromatic rings. The quantitative estimate of drug-likeness (QED) is 0.506. The molecule has 0 saturated carbocycles. The van der Waals surface area contributed by atoms with Crippen molar-refractivity contribution in [1.82, 2.24) is 0 Å². The van der Waals surface area contributed by atoms with Crippen molar-refractivity contribution >= 4 is 23.4 Å². The van der Waals surface area contributed by atoms with Crippen LogP contribution < -0.4 is 5.32 Å². The van der Waals surface area contributed by atoms with Gasteiger partial charge >= 0.3 is 11.9 Å². The van der Waals surface area contributed by atoms with Gasteiger partial charge in [-0.25, -0.2) is 9.59 Å². The minimum absolute atomic E-state index is 0.113. The van der Waals surface area contributed by atoms with Crippen LogP contribution in [0, 0.1) is 6.92 Å². The van der Waals surface area contributed by atoms with Crippen LogP contribution in [0.3, 0.4) is 0 Å². The highest BCUT2D eigenvalue weighted by Crippen LogP contribution is 2.20. The maximum atomic E-state index is 11.7. The standard InChI is InChI=1S/C15H17NO5/c1-9-5-6-11(10(2)17)12(7-9)16-13(15(19)21-4)8-14(18)20-3/h5-8,16H,1-4H3/b13-8+. The van der Waals surface area contributed by atoms with Gasteiger partial charge < -0.3 is 14.8 Å². The first-order chi connectivity index (χ1) is 9.88. The Hall–Kier alpha value is -2.63. The van der Waals surface area contributed by atoms with E-state index in [1.807, 2.05) is 6.92 Å². The molecular formula is C15H17NO5. The number of benzene rings is 1. The number of esters is 2. The Morgan fingerprint density at radius 1 is 1.14 bits per heavy atom. The summed E-state index contributed by atoms with van der Waals surface area (Å²) in [6.07, 6.45) is 0.970. The number of aryl methyl sites for hydroxylation is 1. The minimum Gasteiger partial charge on any atom is -0.466 e. The molecule has 0 bridgehead atoms. The lowest BCUT2D eigenvalue weighted by Crippen LogP contribution is -2.17. The summed E-state index contributed by atoms with van der Waals surface area (Å²) in [5.74, 6) is -1.61. The average molecular weight is 291 g/mol. The fraction of sp³-hybridized carbons (Fsp3) is 0.267. The predicted octanol–water partition coefficient (Wildman–Crippen LogP) is 1.84. The Morgan fingerprint density at radius 2 is 1.81 bits per heavy atom. The highest BCUT2D eigenvalue weighted by Gasteiger charge is 2.16. The Labute approximate surface area is 122 Å². The molecule has 0 fully saturated rings. The number of carbonyl (C=O) groups is 3. The van der Waals surface area contributed by atoms with E-state index in [1.165, 1.54) is 21.1 Å². The molecule has 6 heteroatoms. The van der Waals surface area contributed by atoms with E-state index in [4.69, 9.17) is 0 Å². The monoisotopic (exact) mass is 291 g/mol. The van der Waals surface area contributed by atoms with E-state index in [-0.39, 0.29) is 11.5 Å². The molecule has 6 nitrogen and oxygen atoms in total. The number of hydrogen-bond acceptors (Lipinski definition) is 6. The summed E-state index contributed by atoms with van der Waals surface area (Å²) in [5.41, 5.74) is 1.60. The van der Waals surface area contributed by atoms with Crippen LogP contribution in [0.25, 0.3) is 0 Å². The maximum Gasteiger partial charge on any atom is 0.354 e. The second-order valence-corrected chi connectivity index (χ2v) is 4.30. The molecule has 0 amide bonds. The fourth-order valence-corrected chi connectivity index (χ4v) is 1.65. The number of anilines is 1. The number of Topliss-reactive ketones (excluding diaryl/α,β-unsaturated/α-hetero) is 1. The Balaban J connectivity index is 3.23. The first kappa shape index (κ1) is 16.4. The average Bonchev–Trinajstić information content (AvgIpc) is 2.45. The number of methoxy groups -OCH3 is 2. The number of ketones is 1. The number of nitrogens with one attached hydrogen (secondary N) is 1. The summed E-state index contributed by atoms with van der Waals surface area (Å²) in [5, 5.41) is 2.75. The third-order valence-corrected chi connectivity index (χ3v) is 2.69. The van der Waals surface area contributed by atoms with Crippen molar-refractivity contribution in [3.8, 4) is 0 Å². The molecule has 0 aliphatic carbocycles. The fourth-order valence-electron chi connectivity index (χ4n) is 1.65. The third-order valence-electron chi connectivity index (χ3n) is 2.69. The highest BCUT2D eigenvalue weighted by atomic mass is 16.5. The molecule has 1 aromatic carbocycles. The van der Waals surface area contributed by atoms with Gasteiger partial charge in [0, 0.05) is 11.3 Å². The first-order valence-electron chi connectivity index (χ1n) is 6.15. The molecule has 1 rings (SSSR count). The molecule has 0 aliphatic rings. The summed E-state index contributed by atoms with van der Waals surface area (Å²) in [6, 6.07) is 5.13. The van der Waals surface area contributed by atoms with Crippen LogP contribution in [0.15, 0.2) is 30.0 Å². The van der Waals surface area contributed by atoms with Gasteiger partial charge in [0.15, 0.2) is 5.78 Å². The van der Waals surface area contributed by atoms with Gasteiger partial charge in [0.25, 0.3) is 0 Å². The molecule has 0 heterocycles. The second-order valence-electron chi connectivity index (χ2n) is 4.30.